The van der Waals surface area contributed by atoms with Crippen molar-refractivity contribution in [3.8, 4) is 22.8 Å². The molecule has 1 aliphatic heterocycles. The molecule has 0 radical (unpaired) electrons. The van der Waals surface area contributed by atoms with Gasteiger partial charge in [-0.1, -0.05) is 11.8 Å². The first kappa shape index (κ1) is 17.5. The second kappa shape index (κ2) is 8.20. The first-order chi connectivity index (χ1) is 12.2. The molecule has 3 rings (SSSR count). The third-order valence-electron chi connectivity index (χ3n) is 3.94. The van der Waals surface area contributed by atoms with E-state index in [2.05, 4.69) is 10.2 Å². The molecule has 0 bridgehead atoms. The molecule has 0 N–H and O–H groups in total. The molecule has 0 spiro atoms. The third-order valence-corrected chi connectivity index (χ3v) is 4.84. The lowest BCUT2D eigenvalue weighted by Crippen LogP contribution is -2.31. The number of nitrogens with zero attached hydrogens (tertiary/aromatic N) is 3. The second-order valence-corrected chi connectivity index (χ2v) is 6.47. The van der Waals surface area contributed by atoms with Crippen molar-refractivity contribution in [2.75, 3.05) is 32.1 Å². The van der Waals surface area contributed by atoms with Crippen LogP contribution in [-0.2, 0) is 4.79 Å². The van der Waals surface area contributed by atoms with E-state index in [4.69, 9.17) is 9.47 Å². The molecule has 132 valence electrons. The number of hydrogen-bond acceptors (Lipinski definition) is 6. The highest BCUT2D eigenvalue weighted by Gasteiger charge is 2.14. The Bertz CT molecular complexity index is 733. The molecule has 0 atom stereocenters. The maximum absolute atomic E-state index is 12.0. The number of ether oxygens (including phenoxy) is 2. The van der Waals surface area contributed by atoms with Gasteiger partial charge in [-0.2, -0.15) is 0 Å². The van der Waals surface area contributed by atoms with Gasteiger partial charge in [0.2, 0.25) is 5.91 Å². The normalized spacial score (nSPS) is 12.7. The van der Waals surface area contributed by atoms with Crippen LogP contribution in [0.15, 0.2) is 35.4 Å². The average Bonchev–Trinajstić information content (AvgIpc) is 2.67. The zero-order valence-corrected chi connectivity index (χ0v) is 15.2. The number of carbonyl (C=O) groups is 1. The van der Waals surface area contributed by atoms with Crippen molar-refractivity contribution in [3.05, 3.63) is 30.3 Å². The molecular formula is C18H21N3O3S. The molecule has 6 nitrogen and oxygen atoms in total. The monoisotopic (exact) mass is 359 g/mol. The minimum atomic E-state index is 0.118. The highest BCUT2D eigenvalue weighted by Crippen LogP contribution is 2.34. The van der Waals surface area contributed by atoms with Crippen molar-refractivity contribution in [1.82, 2.24) is 15.1 Å². The zero-order chi connectivity index (χ0) is 17.6. The van der Waals surface area contributed by atoms with Crippen molar-refractivity contribution in [3.63, 3.8) is 0 Å². The number of hydrogen-bond donors (Lipinski definition) is 0. The molecule has 0 aliphatic carbocycles. The maximum atomic E-state index is 12.0. The number of benzene rings is 1. The predicted octanol–water partition coefficient (Wildman–Crippen LogP) is 2.88. The number of fused-ring (bicyclic) bond motifs is 1. The van der Waals surface area contributed by atoms with Crippen LogP contribution in [0.5, 0.6) is 11.5 Å². The van der Waals surface area contributed by atoms with Gasteiger partial charge < -0.3 is 14.4 Å². The van der Waals surface area contributed by atoms with E-state index >= 15 is 0 Å². The lowest BCUT2D eigenvalue weighted by atomic mass is 10.1. The summed E-state index contributed by atoms with van der Waals surface area (Å²) in [5.41, 5.74) is 1.68. The Morgan fingerprint density at radius 3 is 2.52 bits per heavy atom. The largest absolute Gasteiger partial charge is 0.486 e. The van der Waals surface area contributed by atoms with Crippen LogP contribution in [0.3, 0.4) is 0 Å². The van der Waals surface area contributed by atoms with E-state index in [1.807, 2.05) is 49.1 Å². The van der Waals surface area contributed by atoms with Crippen LogP contribution in [0.4, 0.5) is 0 Å². The van der Waals surface area contributed by atoms with Gasteiger partial charge in [-0.15, -0.1) is 10.2 Å². The predicted molar refractivity (Wildman–Crippen MR) is 97.1 cm³/mol. The summed E-state index contributed by atoms with van der Waals surface area (Å²) in [5, 5.41) is 9.23. The summed E-state index contributed by atoms with van der Waals surface area (Å²) in [7, 11) is 0. The Labute approximate surface area is 151 Å². The fourth-order valence-electron chi connectivity index (χ4n) is 2.56. The van der Waals surface area contributed by atoms with E-state index in [1.165, 1.54) is 11.8 Å². The van der Waals surface area contributed by atoms with Gasteiger partial charge in [0.05, 0.1) is 11.4 Å². The lowest BCUT2D eigenvalue weighted by Gasteiger charge is -2.18. The fourth-order valence-corrected chi connectivity index (χ4v) is 3.27. The van der Waals surface area contributed by atoms with E-state index in [1.54, 1.807) is 0 Å². The molecular weight excluding hydrogens is 338 g/mol. The highest BCUT2D eigenvalue weighted by atomic mass is 32.2. The number of thioether (sulfide) groups is 1. The van der Waals surface area contributed by atoms with Crippen molar-refractivity contribution < 1.29 is 14.3 Å². The molecule has 0 fully saturated rings. The van der Waals surface area contributed by atoms with Crippen molar-refractivity contribution in [2.45, 2.75) is 18.9 Å². The summed E-state index contributed by atoms with van der Waals surface area (Å²) in [5.74, 6) is 1.98. The Balaban J connectivity index is 1.65. The standard InChI is InChI=1S/C18H21N3O3S/c1-3-21(4-2)18(22)12-25-17-8-6-14(19-20-17)13-5-7-15-16(11-13)24-10-9-23-15/h5-8,11H,3-4,9-10,12H2,1-2H3. The minimum Gasteiger partial charge on any atom is -0.486 e. The van der Waals surface area contributed by atoms with Gasteiger partial charge in [-0.05, 0) is 44.2 Å². The average molecular weight is 359 g/mol. The summed E-state index contributed by atoms with van der Waals surface area (Å²) in [6.45, 7) is 6.54. The van der Waals surface area contributed by atoms with E-state index in [0.717, 1.165) is 40.9 Å². The van der Waals surface area contributed by atoms with Crippen molar-refractivity contribution in [1.29, 1.82) is 0 Å². The van der Waals surface area contributed by atoms with E-state index in [-0.39, 0.29) is 5.91 Å². The number of aromatic nitrogens is 2. The van der Waals surface area contributed by atoms with Crippen molar-refractivity contribution >= 4 is 17.7 Å². The zero-order valence-electron chi connectivity index (χ0n) is 14.4. The summed E-state index contributed by atoms with van der Waals surface area (Å²) in [4.78, 5) is 13.8. The van der Waals surface area contributed by atoms with Crippen LogP contribution in [0.2, 0.25) is 0 Å². The Hall–Kier alpha value is -2.28. The summed E-state index contributed by atoms with van der Waals surface area (Å²) < 4.78 is 11.1. The van der Waals surface area contributed by atoms with Crippen LogP contribution in [0, 0.1) is 0 Å². The minimum absolute atomic E-state index is 0.118. The summed E-state index contributed by atoms with van der Waals surface area (Å²) in [6, 6.07) is 9.53. The maximum Gasteiger partial charge on any atom is 0.232 e. The van der Waals surface area contributed by atoms with E-state index in [0.29, 0.717) is 19.0 Å². The van der Waals surface area contributed by atoms with Gasteiger partial charge in [0.1, 0.15) is 18.2 Å². The second-order valence-electron chi connectivity index (χ2n) is 5.47. The first-order valence-corrected chi connectivity index (χ1v) is 9.34. The summed E-state index contributed by atoms with van der Waals surface area (Å²) in [6.07, 6.45) is 0. The topological polar surface area (TPSA) is 64.6 Å². The SMILES string of the molecule is CCN(CC)C(=O)CSc1ccc(-c2ccc3c(c2)OCCO3)nn1. The molecule has 1 amide bonds. The Morgan fingerprint density at radius 1 is 1.08 bits per heavy atom. The molecule has 0 saturated heterocycles. The number of amides is 1. The van der Waals surface area contributed by atoms with Gasteiger partial charge in [-0.3, -0.25) is 4.79 Å². The molecule has 2 heterocycles. The molecule has 7 heteroatoms. The smallest absolute Gasteiger partial charge is 0.232 e. The lowest BCUT2D eigenvalue weighted by molar-refractivity contribution is -0.127. The number of carbonyl (C=O) groups excluding carboxylic acids is 1. The van der Waals surface area contributed by atoms with Gasteiger partial charge in [0.25, 0.3) is 0 Å². The first-order valence-electron chi connectivity index (χ1n) is 8.35. The van der Waals surface area contributed by atoms with E-state index in [9.17, 15) is 4.79 Å². The Morgan fingerprint density at radius 2 is 1.84 bits per heavy atom. The summed E-state index contributed by atoms with van der Waals surface area (Å²) >= 11 is 1.40. The third kappa shape index (κ3) is 4.22. The molecule has 2 aromatic rings. The van der Waals surface area contributed by atoms with Gasteiger partial charge in [0.15, 0.2) is 11.5 Å². The van der Waals surface area contributed by atoms with Gasteiger partial charge in [-0.25, -0.2) is 0 Å². The molecule has 0 saturated carbocycles. The molecule has 1 aromatic heterocycles. The van der Waals surface area contributed by atoms with Crippen LogP contribution in [0.25, 0.3) is 11.3 Å². The number of rotatable bonds is 6. The quantitative estimate of drug-likeness (QED) is 0.739. The molecule has 0 unspecified atom stereocenters. The Kier molecular flexibility index (Phi) is 5.75. The molecule has 1 aromatic carbocycles. The van der Waals surface area contributed by atoms with Crippen LogP contribution < -0.4 is 9.47 Å². The van der Waals surface area contributed by atoms with Crippen LogP contribution in [0.1, 0.15) is 13.8 Å². The fraction of sp³-hybridized carbons (Fsp3) is 0.389. The highest BCUT2D eigenvalue weighted by molar-refractivity contribution is 7.99. The van der Waals surface area contributed by atoms with Crippen LogP contribution in [-0.4, -0.2) is 53.1 Å². The molecule has 25 heavy (non-hydrogen) atoms. The molecule has 1 aliphatic rings. The van der Waals surface area contributed by atoms with Gasteiger partial charge in [0, 0.05) is 18.7 Å². The van der Waals surface area contributed by atoms with Gasteiger partial charge >= 0.3 is 0 Å². The van der Waals surface area contributed by atoms with Crippen LogP contribution >= 0.6 is 11.8 Å². The van der Waals surface area contributed by atoms with Crippen molar-refractivity contribution in [2.24, 2.45) is 0 Å². The van der Waals surface area contributed by atoms with E-state index < -0.39 is 0 Å².